The zero-order valence-corrected chi connectivity index (χ0v) is 34.4. The molecule has 0 unspecified atom stereocenters. The highest BCUT2D eigenvalue weighted by Crippen LogP contribution is 2.48. The summed E-state index contributed by atoms with van der Waals surface area (Å²) in [4.78, 5) is 0. The topological polar surface area (TPSA) is 34.1 Å². The molecule has 0 radical (unpaired) electrons. The van der Waals surface area contributed by atoms with Gasteiger partial charge in [0.2, 0.25) is 0 Å². The Hall–Kier alpha value is -6.82. The van der Waals surface area contributed by atoms with Crippen LogP contribution in [0.4, 0.5) is 0 Å². The van der Waals surface area contributed by atoms with E-state index in [0.29, 0.717) is 0 Å². The first kappa shape index (κ1) is 36.3. The van der Waals surface area contributed by atoms with Crippen molar-refractivity contribution in [2.45, 2.75) is 0 Å². The predicted molar refractivity (Wildman–Crippen MR) is 259 cm³/mol. The smallest absolute Gasteiger partial charge is 0.171 e. The molecule has 0 saturated heterocycles. The van der Waals surface area contributed by atoms with E-state index in [0.717, 1.165) is 42.6 Å². The van der Waals surface area contributed by atoms with Gasteiger partial charge in [0.1, 0.15) is 0 Å². The van der Waals surface area contributed by atoms with Crippen molar-refractivity contribution in [3.8, 4) is 0 Å². The minimum Gasteiger partial charge on any atom is -0.309 e. The Morgan fingerprint density at radius 2 is 0.467 bits per heavy atom. The van der Waals surface area contributed by atoms with Crippen LogP contribution < -0.4 is 31.8 Å². The second-order valence-electron chi connectivity index (χ2n) is 15.4. The highest BCUT2D eigenvalue weighted by atomic mass is 31.2. The highest BCUT2D eigenvalue weighted by molar-refractivity contribution is 7.86. The molecule has 0 spiro atoms. The molecule has 0 heterocycles. The molecule has 0 fully saturated rings. The normalized spacial score (nSPS) is 12.1. The van der Waals surface area contributed by atoms with Crippen molar-refractivity contribution in [2.75, 3.05) is 0 Å². The standard InChI is InChI=1S/2C28H19OP/c2*29-30(23-10-3-1-4-11-23,24-12-5-2-6-13-24)26-19-17-22-15-14-20-8-7-9-21-16-18-25(26)28(22)27(20)21/h2*1-19H. The summed E-state index contributed by atoms with van der Waals surface area (Å²) in [6.45, 7) is 0. The molecule has 2 nitrogen and oxygen atoms in total. The zero-order chi connectivity index (χ0) is 40.3. The van der Waals surface area contributed by atoms with Crippen molar-refractivity contribution in [1.82, 2.24) is 0 Å². The van der Waals surface area contributed by atoms with Gasteiger partial charge >= 0.3 is 0 Å². The van der Waals surface area contributed by atoms with Crippen molar-refractivity contribution in [2.24, 2.45) is 0 Å². The number of hydrogen-bond donors (Lipinski definition) is 0. The quantitative estimate of drug-likeness (QED) is 0.124. The van der Waals surface area contributed by atoms with Crippen LogP contribution in [-0.2, 0) is 9.13 Å². The average Bonchev–Trinajstić information content (AvgIpc) is 3.33. The van der Waals surface area contributed by atoms with Gasteiger partial charge in [0.05, 0.1) is 0 Å². The van der Waals surface area contributed by atoms with Gasteiger partial charge in [-0.25, -0.2) is 0 Å². The van der Waals surface area contributed by atoms with E-state index in [1.165, 1.54) is 53.9 Å². The average molecular weight is 805 g/mol. The van der Waals surface area contributed by atoms with E-state index < -0.39 is 14.3 Å². The number of rotatable bonds is 6. The highest BCUT2D eigenvalue weighted by Gasteiger charge is 2.33. The summed E-state index contributed by atoms with van der Waals surface area (Å²) in [5.74, 6) is 0. The number of benzene rings is 12. The number of hydrogen-bond acceptors (Lipinski definition) is 2. The van der Waals surface area contributed by atoms with Crippen LogP contribution in [0.2, 0.25) is 0 Å². The molecule has 0 amide bonds. The van der Waals surface area contributed by atoms with Gasteiger partial charge < -0.3 is 9.13 Å². The maximum absolute atomic E-state index is 15.0. The summed E-state index contributed by atoms with van der Waals surface area (Å²) in [5, 5.41) is 19.6. The first-order valence-corrected chi connectivity index (χ1v) is 23.7. The fourth-order valence-electron chi connectivity index (χ4n) is 9.40. The largest absolute Gasteiger partial charge is 0.309 e. The van der Waals surface area contributed by atoms with Crippen molar-refractivity contribution < 1.29 is 9.13 Å². The van der Waals surface area contributed by atoms with Crippen LogP contribution in [0.25, 0.3) is 64.6 Å². The third kappa shape index (κ3) is 5.64. The Balaban J connectivity index is 0.000000136. The molecule has 12 aromatic rings. The van der Waals surface area contributed by atoms with Gasteiger partial charge in [0, 0.05) is 31.8 Å². The van der Waals surface area contributed by atoms with Crippen LogP contribution in [-0.4, -0.2) is 0 Å². The van der Waals surface area contributed by atoms with E-state index in [4.69, 9.17) is 0 Å². The lowest BCUT2D eigenvalue weighted by atomic mass is 9.94. The van der Waals surface area contributed by atoms with Gasteiger partial charge in [0.15, 0.2) is 14.3 Å². The molecule has 0 bridgehead atoms. The molecule has 4 heteroatoms. The lowest BCUT2D eigenvalue weighted by Crippen LogP contribution is -2.25. The zero-order valence-electron chi connectivity index (χ0n) is 32.7. The molecule has 0 aromatic heterocycles. The summed E-state index contributed by atoms with van der Waals surface area (Å²) in [6, 6.07) is 78.2. The van der Waals surface area contributed by atoms with Crippen LogP contribution in [0.1, 0.15) is 0 Å². The van der Waals surface area contributed by atoms with Crippen molar-refractivity contribution in [3.05, 3.63) is 231 Å². The first-order chi connectivity index (χ1) is 29.5. The fourth-order valence-corrected chi connectivity index (χ4v) is 15.1. The Kier molecular flexibility index (Phi) is 8.75. The second kappa shape index (κ2) is 14.5. The Morgan fingerprint density at radius 3 is 0.767 bits per heavy atom. The van der Waals surface area contributed by atoms with Crippen LogP contribution in [0.15, 0.2) is 231 Å². The van der Waals surface area contributed by atoms with E-state index in [1.54, 1.807) is 0 Å². The van der Waals surface area contributed by atoms with Gasteiger partial charge in [-0.1, -0.05) is 218 Å². The van der Waals surface area contributed by atoms with E-state index >= 15 is 0 Å². The summed E-state index contributed by atoms with van der Waals surface area (Å²) in [7, 11) is -6.07. The van der Waals surface area contributed by atoms with Crippen LogP contribution in [0.5, 0.6) is 0 Å². The van der Waals surface area contributed by atoms with E-state index in [-0.39, 0.29) is 0 Å². The molecule has 12 aromatic carbocycles. The van der Waals surface area contributed by atoms with Crippen molar-refractivity contribution in [3.63, 3.8) is 0 Å². The Morgan fingerprint density at radius 1 is 0.217 bits per heavy atom. The molecule has 12 rings (SSSR count). The van der Waals surface area contributed by atoms with Gasteiger partial charge in [0.25, 0.3) is 0 Å². The van der Waals surface area contributed by atoms with Crippen LogP contribution in [0.3, 0.4) is 0 Å². The summed E-state index contributed by atoms with van der Waals surface area (Å²) >= 11 is 0. The molecule has 0 saturated carbocycles. The van der Waals surface area contributed by atoms with E-state index in [1.807, 2.05) is 121 Å². The second-order valence-corrected chi connectivity index (χ2v) is 20.9. The van der Waals surface area contributed by atoms with E-state index in [2.05, 4.69) is 109 Å². The summed E-state index contributed by atoms with van der Waals surface area (Å²) in [5.41, 5.74) is 0. The molecule has 0 N–H and O–H groups in total. The minimum absolute atomic E-state index is 0.867. The maximum atomic E-state index is 15.0. The van der Waals surface area contributed by atoms with Crippen LogP contribution >= 0.6 is 14.3 Å². The molecular formula is C56H38O2P2. The molecule has 0 atom stereocenters. The Bertz CT molecular complexity index is 3230. The lowest BCUT2D eigenvalue weighted by Gasteiger charge is -2.23. The SMILES string of the molecule is O=P(c1ccccc1)(c1ccccc1)c1ccc2ccc3cccc4ccc1c2c34.O=P(c1ccccc1)(c1ccccc1)c1ccc2ccc3cccc4ccc1c2c34. The molecule has 0 aliphatic heterocycles. The van der Waals surface area contributed by atoms with Gasteiger partial charge in [-0.3, -0.25) is 0 Å². The van der Waals surface area contributed by atoms with Gasteiger partial charge in [-0.15, -0.1) is 0 Å². The van der Waals surface area contributed by atoms with Crippen molar-refractivity contribution in [1.29, 1.82) is 0 Å². The molecule has 0 aliphatic carbocycles. The third-order valence-corrected chi connectivity index (χ3v) is 18.4. The first-order valence-electron chi connectivity index (χ1n) is 20.3. The maximum Gasteiger partial charge on any atom is 0.171 e. The monoisotopic (exact) mass is 804 g/mol. The van der Waals surface area contributed by atoms with E-state index in [9.17, 15) is 9.13 Å². The lowest BCUT2D eigenvalue weighted by molar-refractivity contribution is 0.592. The molecular weight excluding hydrogens is 767 g/mol. The fraction of sp³-hybridized carbons (Fsp3) is 0. The molecule has 0 aliphatic rings. The summed E-state index contributed by atoms with van der Waals surface area (Å²) in [6.07, 6.45) is 0. The molecule has 60 heavy (non-hydrogen) atoms. The Labute approximate surface area is 348 Å². The predicted octanol–water partition coefficient (Wildman–Crippen LogP) is 12.4. The van der Waals surface area contributed by atoms with Gasteiger partial charge in [-0.05, 0) is 76.8 Å². The van der Waals surface area contributed by atoms with Crippen molar-refractivity contribution >= 4 is 111 Å². The van der Waals surface area contributed by atoms with Gasteiger partial charge in [-0.2, -0.15) is 0 Å². The van der Waals surface area contributed by atoms with Crippen LogP contribution in [0, 0.1) is 0 Å². The summed E-state index contributed by atoms with van der Waals surface area (Å²) < 4.78 is 29.9. The molecule has 284 valence electrons. The third-order valence-electron chi connectivity index (χ3n) is 12.2. The minimum atomic E-state index is -3.03.